The smallest absolute Gasteiger partial charge is 0.124 e. The van der Waals surface area contributed by atoms with Crippen molar-refractivity contribution in [2.45, 2.75) is 19.3 Å². The van der Waals surface area contributed by atoms with Crippen molar-refractivity contribution in [3.63, 3.8) is 0 Å². The normalized spacial score (nSPS) is 10.7. The van der Waals surface area contributed by atoms with E-state index < -0.39 is 0 Å². The molecule has 102 valence electrons. The number of rotatable bonds is 6. The van der Waals surface area contributed by atoms with Gasteiger partial charge in [-0.2, -0.15) is 12.6 Å². The molecule has 0 saturated heterocycles. The molecule has 5 heteroatoms. The Morgan fingerprint density at radius 1 is 1.26 bits per heavy atom. The van der Waals surface area contributed by atoms with Gasteiger partial charge in [0.2, 0.25) is 0 Å². The predicted molar refractivity (Wildman–Crippen MR) is 82.1 cm³/mol. The number of thiol groups is 1. The largest absolute Gasteiger partial charge is 0.494 e. The molecule has 19 heavy (non-hydrogen) atoms. The van der Waals surface area contributed by atoms with Crippen LogP contribution in [0.4, 0.5) is 0 Å². The molecule has 1 aromatic heterocycles. The highest BCUT2D eigenvalue weighted by Crippen LogP contribution is 2.30. The second-order valence-electron chi connectivity index (χ2n) is 3.94. The van der Waals surface area contributed by atoms with E-state index in [1.807, 2.05) is 31.2 Å². The number of ether oxygens (including phenoxy) is 2. The molecule has 0 unspecified atom stereocenters. The molecule has 0 aliphatic carbocycles. The topological polar surface area (TPSA) is 31.4 Å². The van der Waals surface area contributed by atoms with Crippen LogP contribution in [-0.4, -0.2) is 18.7 Å². The van der Waals surface area contributed by atoms with Crippen molar-refractivity contribution in [2.75, 3.05) is 13.7 Å². The van der Waals surface area contributed by atoms with Crippen molar-refractivity contribution >= 4 is 24.0 Å². The lowest BCUT2D eigenvalue weighted by molar-refractivity contribution is 0.181. The summed E-state index contributed by atoms with van der Waals surface area (Å²) in [6.07, 6.45) is 0. The molecule has 0 saturated carbocycles. The molecular weight excluding hydrogens is 278 g/mol. The van der Waals surface area contributed by atoms with E-state index in [0.717, 1.165) is 26.9 Å². The maximum Gasteiger partial charge on any atom is 0.124 e. The van der Waals surface area contributed by atoms with Crippen LogP contribution >= 0.6 is 24.0 Å². The monoisotopic (exact) mass is 295 g/mol. The van der Waals surface area contributed by atoms with Crippen LogP contribution in [0.15, 0.2) is 24.3 Å². The van der Waals surface area contributed by atoms with Crippen LogP contribution in [0.25, 0.3) is 10.6 Å². The summed E-state index contributed by atoms with van der Waals surface area (Å²) in [5.74, 6) is 1.57. The first-order valence-corrected chi connectivity index (χ1v) is 7.55. The third kappa shape index (κ3) is 3.49. The van der Waals surface area contributed by atoms with Crippen molar-refractivity contribution in [1.29, 1.82) is 0 Å². The third-order valence-electron chi connectivity index (χ3n) is 2.62. The summed E-state index contributed by atoms with van der Waals surface area (Å²) in [5.41, 5.74) is 2.07. The molecule has 2 rings (SSSR count). The first-order valence-electron chi connectivity index (χ1n) is 6.10. The Hall–Kier alpha value is -1.04. The lowest BCUT2D eigenvalue weighted by Gasteiger charge is -2.02. The second kappa shape index (κ2) is 6.93. The standard InChI is InChI=1S/C14H17NO2S2/c1-3-17-11-6-4-10(5-7-11)14-15-12(8-16-2)13(9-18)19-14/h4-7,18H,3,8-9H2,1-2H3. The van der Waals surface area contributed by atoms with E-state index in [-0.39, 0.29) is 0 Å². The number of nitrogens with zero attached hydrogens (tertiary/aromatic N) is 1. The fourth-order valence-corrected chi connectivity index (χ4v) is 3.05. The van der Waals surface area contributed by atoms with E-state index in [2.05, 4.69) is 17.6 Å². The SMILES string of the molecule is CCOc1ccc(-c2nc(COC)c(CS)s2)cc1. The van der Waals surface area contributed by atoms with Gasteiger partial charge in [-0.05, 0) is 31.2 Å². The maximum atomic E-state index is 5.44. The van der Waals surface area contributed by atoms with Crippen LogP contribution in [0.5, 0.6) is 5.75 Å². The first-order chi connectivity index (χ1) is 9.28. The molecule has 0 aliphatic heterocycles. The lowest BCUT2D eigenvalue weighted by atomic mass is 10.2. The second-order valence-corrected chi connectivity index (χ2v) is 5.34. The Morgan fingerprint density at radius 3 is 2.58 bits per heavy atom. The minimum absolute atomic E-state index is 0.531. The van der Waals surface area contributed by atoms with E-state index in [1.165, 1.54) is 0 Å². The fourth-order valence-electron chi connectivity index (χ4n) is 1.74. The highest BCUT2D eigenvalue weighted by molar-refractivity contribution is 7.79. The van der Waals surface area contributed by atoms with Crippen molar-refractivity contribution in [2.24, 2.45) is 0 Å². The van der Waals surface area contributed by atoms with Gasteiger partial charge in [-0.1, -0.05) is 0 Å². The summed E-state index contributed by atoms with van der Waals surface area (Å²) in [7, 11) is 1.68. The number of aromatic nitrogens is 1. The van der Waals surface area contributed by atoms with Gasteiger partial charge in [0.1, 0.15) is 10.8 Å². The van der Waals surface area contributed by atoms with E-state index in [1.54, 1.807) is 18.4 Å². The van der Waals surface area contributed by atoms with Gasteiger partial charge in [0.15, 0.2) is 0 Å². The quantitative estimate of drug-likeness (QED) is 0.823. The number of hydrogen-bond acceptors (Lipinski definition) is 5. The van der Waals surface area contributed by atoms with Gasteiger partial charge in [-0.15, -0.1) is 11.3 Å². The average Bonchev–Trinajstić information content (AvgIpc) is 2.84. The molecule has 1 aromatic carbocycles. The number of thiazole rings is 1. The van der Waals surface area contributed by atoms with Gasteiger partial charge in [0, 0.05) is 23.3 Å². The Labute approximate surface area is 123 Å². The van der Waals surface area contributed by atoms with Crippen LogP contribution in [0.2, 0.25) is 0 Å². The van der Waals surface area contributed by atoms with E-state index in [9.17, 15) is 0 Å². The molecule has 0 aliphatic rings. The maximum absolute atomic E-state index is 5.44. The van der Waals surface area contributed by atoms with Gasteiger partial charge >= 0.3 is 0 Å². The van der Waals surface area contributed by atoms with Crippen molar-refractivity contribution < 1.29 is 9.47 Å². The average molecular weight is 295 g/mol. The Balaban J connectivity index is 2.25. The Morgan fingerprint density at radius 2 is 2.00 bits per heavy atom. The van der Waals surface area contributed by atoms with Crippen LogP contribution in [-0.2, 0) is 17.1 Å². The minimum Gasteiger partial charge on any atom is -0.494 e. The predicted octanol–water partition coefficient (Wildman–Crippen LogP) is 3.79. The van der Waals surface area contributed by atoms with Crippen LogP contribution in [0, 0.1) is 0 Å². The molecule has 0 spiro atoms. The Bertz CT molecular complexity index is 523. The van der Waals surface area contributed by atoms with Gasteiger partial charge in [-0.3, -0.25) is 0 Å². The highest BCUT2D eigenvalue weighted by atomic mass is 32.1. The zero-order chi connectivity index (χ0) is 13.7. The molecule has 0 atom stereocenters. The minimum atomic E-state index is 0.531. The molecule has 0 radical (unpaired) electrons. The van der Waals surface area contributed by atoms with Gasteiger partial charge in [-0.25, -0.2) is 4.98 Å². The zero-order valence-corrected chi connectivity index (χ0v) is 12.8. The zero-order valence-electron chi connectivity index (χ0n) is 11.0. The molecule has 3 nitrogen and oxygen atoms in total. The molecule has 1 heterocycles. The van der Waals surface area contributed by atoms with Gasteiger partial charge in [0.05, 0.1) is 18.9 Å². The third-order valence-corrected chi connectivity index (χ3v) is 4.29. The van der Waals surface area contributed by atoms with Crippen LogP contribution < -0.4 is 4.74 Å². The molecule has 0 amide bonds. The number of hydrogen-bond donors (Lipinski definition) is 1. The van der Waals surface area contributed by atoms with Gasteiger partial charge in [0.25, 0.3) is 0 Å². The number of methoxy groups -OCH3 is 1. The van der Waals surface area contributed by atoms with Crippen LogP contribution in [0.3, 0.4) is 0 Å². The molecule has 0 fully saturated rings. The summed E-state index contributed by atoms with van der Waals surface area (Å²) in [5, 5.41) is 0.999. The summed E-state index contributed by atoms with van der Waals surface area (Å²) < 4.78 is 10.6. The van der Waals surface area contributed by atoms with E-state index in [4.69, 9.17) is 9.47 Å². The molecule has 2 aromatic rings. The summed E-state index contributed by atoms with van der Waals surface area (Å²) in [4.78, 5) is 5.78. The summed E-state index contributed by atoms with van der Waals surface area (Å²) in [6.45, 7) is 3.19. The molecule has 0 bridgehead atoms. The summed E-state index contributed by atoms with van der Waals surface area (Å²) in [6, 6.07) is 8.00. The molecule has 0 N–H and O–H groups in total. The van der Waals surface area contributed by atoms with E-state index in [0.29, 0.717) is 19.0 Å². The summed E-state index contributed by atoms with van der Waals surface area (Å²) >= 11 is 6.00. The molecular formula is C14H17NO2S2. The first kappa shape index (κ1) is 14.4. The van der Waals surface area contributed by atoms with E-state index >= 15 is 0 Å². The number of benzene rings is 1. The van der Waals surface area contributed by atoms with Crippen molar-refractivity contribution in [3.8, 4) is 16.3 Å². The lowest BCUT2D eigenvalue weighted by Crippen LogP contribution is -1.92. The van der Waals surface area contributed by atoms with Crippen molar-refractivity contribution in [1.82, 2.24) is 4.98 Å². The van der Waals surface area contributed by atoms with Crippen LogP contribution in [0.1, 0.15) is 17.5 Å². The Kier molecular flexibility index (Phi) is 5.24. The fraction of sp³-hybridized carbons (Fsp3) is 0.357. The van der Waals surface area contributed by atoms with Crippen molar-refractivity contribution in [3.05, 3.63) is 34.8 Å². The highest BCUT2D eigenvalue weighted by Gasteiger charge is 2.11. The van der Waals surface area contributed by atoms with Gasteiger partial charge < -0.3 is 9.47 Å².